The molecule has 1 aliphatic heterocycles. The number of anilines is 2. The Hall–Kier alpha value is -3.24. The molecule has 3 rings (SSSR count). The van der Waals surface area contributed by atoms with Crippen molar-refractivity contribution in [2.24, 2.45) is 0 Å². The monoisotopic (exact) mass is 380 g/mol. The molecule has 2 aromatic carbocycles. The zero-order chi connectivity index (χ0) is 20.3. The molecule has 0 saturated carbocycles. The molecule has 144 valence electrons. The summed E-state index contributed by atoms with van der Waals surface area (Å²) in [7, 11) is 1.73. The van der Waals surface area contributed by atoms with Crippen LogP contribution in [0.5, 0.6) is 0 Å². The second kappa shape index (κ2) is 8.19. The fourth-order valence-corrected chi connectivity index (χ4v) is 3.37. The lowest BCUT2D eigenvalue weighted by Gasteiger charge is -2.29. The molecule has 2 amide bonds. The molecule has 1 heterocycles. The van der Waals surface area contributed by atoms with Crippen molar-refractivity contribution in [3.05, 3.63) is 59.4 Å². The van der Waals surface area contributed by atoms with Gasteiger partial charge in [0.05, 0.1) is 29.6 Å². The van der Waals surface area contributed by atoms with Crippen LogP contribution in [-0.4, -0.2) is 36.3 Å². The van der Waals surface area contributed by atoms with Crippen molar-refractivity contribution in [1.82, 2.24) is 4.90 Å². The average Bonchev–Trinajstić information content (AvgIpc) is 2.77. The summed E-state index contributed by atoms with van der Waals surface area (Å²) in [5.74, 6) is -0.780. The normalized spacial score (nSPS) is 16.2. The van der Waals surface area contributed by atoms with Gasteiger partial charge in [-0.1, -0.05) is 18.2 Å². The maximum absolute atomic E-state index is 14.1. The Morgan fingerprint density at radius 3 is 2.82 bits per heavy atom. The van der Waals surface area contributed by atoms with Crippen molar-refractivity contribution in [3.8, 4) is 6.07 Å². The van der Waals surface area contributed by atoms with Crippen molar-refractivity contribution in [2.45, 2.75) is 25.9 Å². The third-order valence-corrected chi connectivity index (χ3v) is 4.66. The molecule has 0 bridgehead atoms. The van der Waals surface area contributed by atoms with Gasteiger partial charge in [0.2, 0.25) is 11.8 Å². The standard InChI is InChI=1S/C21H21FN4O2/c1-14-9-20(27)24-18-5-3-4-6-19(18)26(14)21(28)13-25(2)12-16-8-7-15(11-23)10-17(16)22/h3-8,10,14H,9,12-13H2,1-2H3,(H,24,27)/t14-/m1/s1. The number of nitriles is 1. The maximum Gasteiger partial charge on any atom is 0.241 e. The van der Waals surface area contributed by atoms with E-state index in [1.165, 1.54) is 6.07 Å². The van der Waals surface area contributed by atoms with Crippen LogP contribution < -0.4 is 10.2 Å². The zero-order valence-electron chi connectivity index (χ0n) is 15.8. The molecule has 0 unspecified atom stereocenters. The predicted octanol–water partition coefficient (Wildman–Crippen LogP) is 2.89. The first-order chi connectivity index (χ1) is 13.4. The predicted molar refractivity (Wildman–Crippen MR) is 104 cm³/mol. The number of hydrogen-bond donors (Lipinski definition) is 1. The van der Waals surface area contributed by atoms with Crippen LogP contribution in [0, 0.1) is 17.1 Å². The van der Waals surface area contributed by atoms with E-state index in [4.69, 9.17) is 5.26 Å². The van der Waals surface area contributed by atoms with Gasteiger partial charge in [-0.25, -0.2) is 4.39 Å². The van der Waals surface area contributed by atoms with Crippen LogP contribution in [0.25, 0.3) is 0 Å². The number of nitrogens with one attached hydrogen (secondary N) is 1. The number of para-hydroxylation sites is 2. The molecule has 6 nitrogen and oxygen atoms in total. The lowest BCUT2D eigenvalue weighted by Crippen LogP contribution is -2.44. The smallest absolute Gasteiger partial charge is 0.241 e. The van der Waals surface area contributed by atoms with Crippen molar-refractivity contribution in [1.29, 1.82) is 5.26 Å². The lowest BCUT2D eigenvalue weighted by molar-refractivity contribution is -0.120. The Kier molecular flexibility index (Phi) is 5.71. The molecule has 1 N–H and O–H groups in total. The SMILES string of the molecule is C[C@@H]1CC(=O)Nc2ccccc2N1C(=O)CN(C)Cc1ccc(C#N)cc1F. The van der Waals surface area contributed by atoms with Crippen LogP contribution >= 0.6 is 0 Å². The van der Waals surface area contributed by atoms with E-state index >= 15 is 0 Å². The summed E-state index contributed by atoms with van der Waals surface area (Å²) < 4.78 is 14.1. The number of likely N-dealkylation sites (N-methyl/N-ethyl adjacent to an activating group) is 1. The Bertz CT molecular complexity index is 954. The molecule has 0 spiro atoms. The highest BCUT2D eigenvalue weighted by Gasteiger charge is 2.29. The summed E-state index contributed by atoms with van der Waals surface area (Å²) in [5.41, 5.74) is 1.93. The van der Waals surface area contributed by atoms with Crippen molar-refractivity contribution < 1.29 is 14.0 Å². The molecule has 1 atom stereocenters. The molecule has 0 aromatic heterocycles. The maximum atomic E-state index is 14.1. The number of halogens is 1. The fourth-order valence-electron chi connectivity index (χ4n) is 3.37. The van der Waals surface area contributed by atoms with Gasteiger partial charge < -0.3 is 10.2 Å². The second-order valence-corrected chi connectivity index (χ2v) is 6.97. The summed E-state index contributed by atoms with van der Waals surface area (Å²) in [6.45, 7) is 2.12. The summed E-state index contributed by atoms with van der Waals surface area (Å²) in [4.78, 5) is 28.4. The van der Waals surface area contributed by atoms with Crippen LogP contribution in [0.2, 0.25) is 0 Å². The Morgan fingerprint density at radius 2 is 2.11 bits per heavy atom. The van der Waals surface area contributed by atoms with E-state index in [2.05, 4.69) is 5.32 Å². The summed E-state index contributed by atoms with van der Waals surface area (Å²) in [6, 6.07) is 13.1. The Morgan fingerprint density at radius 1 is 1.36 bits per heavy atom. The van der Waals surface area contributed by atoms with Crippen LogP contribution in [0.1, 0.15) is 24.5 Å². The first kappa shape index (κ1) is 19.5. The van der Waals surface area contributed by atoms with Crippen LogP contribution in [0.4, 0.5) is 15.8 Å². The number of carbonyl (C=O) groups is 2. The third-order valence-electron chi connectivity index (χ3n) is 4.66. The number of amides is 2. The fraction of sp³-hybridized carbons (Fsp3) is 0.286. The van der Waals surface area contributed by atoms with E-state index in [0.717, 1.165) is 0 Å². The topological polar surface area (TPSA) is 76.4 Å². The quantitative estimate of drug-likeness (QED) is 0.885. The van der Waals surface area contributed by atoms with Gasteiger partial charge in [-0.15, -0.1) is 0 Å². The van der Waals surface area contributed by atoms with E-state index in [1.807, 2.05) is 19.1 Å². The largest absolute Gasteiger partial charge is 0.324 e. The summed E-state index contributed by atoms with van der Waals surface area (Å²) in [6.07, 6.45) is 0.203. The molecule has 0 radical (unpaired) electrons. The van der Waals surface area contributed by atoms with Crippen molar-refractivity contribution in [2.75, 3.05) is 23.8 Å². The molecule has 1 aliphatic rings. The van der Waals surface area contributed by atoms with Crippen molar-refractivity contribution >= 4 is 23.2 Å². The number of hydrogen-bond acceptors (Lipinski definition) is 4. The average molecular weight is 380 g/mol. The molecule has 7 heteroatoms. The van der Waals surface area contributed by atoms with Gasteiger partial charge >= 0.3 is 0 Å². The summed E-state index contributed by atoms with van der Waals surface area (Å²) >= 11 is 0. The highest BCUT2D eigenvalue weighted by Crippen LogP contribution is 2.31. The molecule has 0 aliphatic carbocycles. The van der Waals surface area contributed by atoms with Gasteiger partial charge in [-0.2, -0.15) is 5.26 Å². The van der Waals surface area contributed by atoms with E-state index in [9.17, 15) is 14.0 Å². The minimum Gasteiger partial charge on any atom is -0.324 e. The molecular formula is C21H21FN4O2. The number of fused-ring (bicyclic) bond motifs is 1. The third kappa shape index (κ3) is 4.18. The Labute approximate surface area is 163 Å². The summed E-state index contributed by atoms with van der Waals surface area (Å²) in [5, 5.41) is 11.7. The molecule has 0 fully saturated rings. The van der Waals surface area contributed by atoms with Gasteiger partial charge in [0, 0.05) is 24.6 Å². The van der Waals surface area contributed by atoms with E-state index in [-0.39, 0.29) is 42.9 Å². The highest BCUT2D eigenvalue weighted by atomic mass is 19.1. The number of benzene rings is 2. The van der Waals surface area contributed by atoms with Gasteiger partial charge in [0.25, 0.3) is 0 Å². The van der Waals surface area contributed by atoms with Gasteiger partial charge in [0.15, 0.2) is 0 Å². The van der Waals surface area contributed by atoms with Crippen molar-refractivity contribution in [3.63, 3.8) is 0 Å². The number of rotatable bonds is 4. The molecular weight excluding hydrogens is 359 g/mol. The van der Waals surface area contributed by atoms with Crippen LogP contribution in [0.15, 0.2) is 42.5 Å². The lowest BCUT2D eigenvalue weighted by atomic mass is 10.1. The van der Waals surface area contributed by atoms with Gasteiger partial charge in [0.1, 0.15) is 5.82 Å². The van der Waals surface area contributed by atoms with E-state index < -0.39 is 5.82 Å². The molecule has 28 heavy (non-hydrogen) atoms. The first-order valence-electron chi connectivity index (χ1n) is 8.97. The Balaban J connectivity index is 1.76. The molecule has 2 aromatic rings. The minimum absolute atomic E-state index is 0.0618. The molecule has 0 saturated heterocycles. The minimum atomic E-state index is -0.471. The number of nitrogens with zero attached hydrogens (tertiary/aromatic N) is 3. The van der Waals surface area contributed by atoms with Gasteiger partial charge in [-0.05, 0) is 38.2 Å². The first-order valence-corrected chi connectivity index (χ1v) is 8.97. The van der Waals surface area contributed by atoms with Gasteiger partial charge in [-0.3, -0.25) is 14.5 Å². The zero-order valence-corrected chi connectivity index (χ0v) is 15.8. The highest BCUT2D eigenvalue weighted by molar-refractivity contribution is 6.04. The van der Waals surface area contributed by atoms with E-state index in [1.54, 1.807) is 47.2 Å². The van der Waals surface area contributed by atoms with Crippen LogP contribution in [-0.2, 0) is 16.1 Å². The second-order valence-electron chi connectivity index (χ2n) is 6.97. The van der Waals surface area contributed by atoms with Crippen LogP contribution in [0.3, 0.4) is 0 Å². The number of carbonyl (C=O) groups excluding carboxylic acids is 2. The van der Waals surface area contributed by atoms with E-state index in [0.29, 0.717) is 16.9 Å².